The summed E-state index contributed by atoms with van der Waals surface area (Å²) in [5.41, 5.74) is 1.03. The molecule has 0 radical (unpaired) electrons. The fourth-order valence-corrected chi connectivity index (χ4v) is 2.86. The van der Waals surface area contributed by atoms with Gasteiger partial charge in [0, 0.05) is 12.7 Å². The third-order valence-corrected chi connectivity index (χ3v) is 3.62. The number of nitrogens with zero attached hydrogens (tertiary/aromatic N) is 2. The van der Waals surface area contributed by atoms with Crippen LogP contribution >= 0.6 is 11.8 Å². The molecule has 3 nitrogen and oxygen atoms in total. The SMILES string of the molecule is c1cnnc(CNCC2CCSC2)c1. The van der Waals surface area contributed by atoms with Crippen LogP contribution < -0.4 is 5.32 Å². The highest BCUT2D eigenvalue weighted by atomic mass is 32.2. The molecule has 1 aliphatic heterocycles. The predicted molar refractivity (Wildman–Crippen MR) is 59.2 cm³/mol. The Bertz CT molecular complexity index is 259. The topological polar surface area (TPSA) is 37.8 Å². The van der Waals surface area contributed by atoms with Crippen LogP contribution in [0.1, 0.15) is 12.1 Å². The number of rotatable bonds is 4. The molecule has 1 fully saturated rings. The highest BCUT2D eigenvalue weighted by Crippen LogP contribution is 2.22. The van der Waals surface area contributed by atoms with Gasteiger partial charge in [-0.1, -0.05) is 0 Å². The first kappa shape index (κ1) is 9.93. The second kappa shape index (κ2) is 5.32. The van der Waals surface area contributed by atoms with Gasteiger partial charge >= 0.3 is 0 Å². The maximum absolute atomic E-state index is 4.03. The Morgan fingerprint density at radius 3 is 3.29 bits per heavy atom. The largest absolute Gasteiger partial charge is 0.311 e. The maximum atomic E-state index is 4.03. The second-order valence-electron chi connectivity index (χ2n) is 3.58. The molecule has 0 amide bonds. The quantitative estimate of drug-likeness (QED) is 0.811. The monoisotopic (exact) mass is 209 g/mol. The molecule has 4 heteroatoms. The van der Waals surface area contributed by atoms with Crippen molar-refractivity contribution in [2.45, 2.75) is 13.0 Å². The lowest BCUT2D eigenvalue weighted by molar-refractivity contribution is 0.518. The van der Waals surface area contributed by atoms with Crippen LogP contribution in [-0.2, 0) is 6.54 Å². The molecular formula is C10H15N3S. The van der Waals surface area contributed by atoms with Gasteiger partial charge in [-0.2, -0.15) is 22.0 Å². The van der Waals surface area contributed by atoms with Crippen LogP contribution in [0.5, 0.6) is 0 Å². The molecule has 14 heavy (non-hydrogen) atoms. The molecule has 1 unspecified atom stereocenters. The van der Waals surface area contributed by atoms with E-state index in [1.807, 2.05) is 12.1 Å². The van der Waals surface area contributed by atoms with Crippen molar-refractivity contribution in [3.63, 3.8) is 0 Å². The fraction of sp³-hybridized carbons (Fsp3) is 0.600. The van der Waals surface area contributed by atoms with Crippen LogP contribution in [0.4, 0.5) is 0 Å². The number of hydrogen-bond acceptors (Lipinski definition) is 4. The number of nitrogens with one attached hydrogen (secondary N) is 1. The predicted octanol–water partition coefficient (Wildman–Crippen LogP) is 1.32. The summed E-state index contributed by atoms with van der Waals surface area (Å²) < 4.78 is 0. The lowest BCUT2D eigenvalue weighted by Crippen LogP contribution is -2.22. The normalized spacial score (nSPS) is 21.3. The zero-order valence-electron chi connectivity index (χ0n) is 8.15. The summed E-state index contributed by atoms with van der Waals surface area (Å²) in [7, 11) is 0. The summed E-state index contributed by atoms with van der Waals surface area (Å²) in [5.74, 6) is 3.50. The smallest absolute Gasteiger partial charge is 0.0768 e. The third kappa shape index (κ3) is 2.96. The first-order valence-corrected chi connectivity index (χ1v) is 6.15. The Morgan fingerprint density at radius 2 is 2.57 bits per heavy atom. The van der Waals surface area contributed by atoms with Gasteiger partial charge in [0.15, 0.2) is 0 Å². The molecule has 0 spiro atoms. The molecule has 0 bridgehead atoms. The summed E-state index contributed by atoms with van der Waals surface area (Å²) in [5, 5.41) is 11.3. The highest BCUT2D eigenvalue weighted by molar-refractivity contribution is 7.99. The minimum absolute atomic E-state index is 0.842. The molecule has 0 aliphatic carbocycles. The molecule has 1 N–H and O–H groups in total. The maximum Gasteiger partial charge on any atom is 0.0768 e. The van der Waals surface area contributed by atoms with Crippen molar-refractivity contribution >= 4 is 11.8 Å². The molecule has 1 aromatic heterocycles. The van der Waals surface area contributed by atoms with Crippen LogP contribution in [0.15, 0.2) is 18.3 Å². The standard InChI is InChI=1S/C10H15N3S/c1-2-10(13-12-4-1)7-11-6-9-3-5-14-8-9/h1-2,4,9,11H,3,5-8H2. The minimum Gasteiger partial charge on any atom is -0.311 e. The molecule has 2 rings (SSSR count). The van der Waals surface area contributed by atoms with E-state index in [0.29, 0.717) is 0 Å². The summed E-state index contributed by atoms with van der Waals surface area (Å²) in [6.45, 7) is 1.96. The van der Waals surface area contributed by atoms with Gasteiger partial charge in [0.05, 0.1) is 5.69 Å². The summed E-state index contributed by atoms with van der Waals surface area (Å²) >= 11 is 2.06. The van der Waals surface area contributed by atoms with E-state index in [1.165, 1.54) is 17.9 Å². The van der Waals surface area contributed by atoms with Gasteiger partial charge in [-0.3, -0.25) is 0 Å². The van der Waals surface area contributed by atoms with Gasteiger partial charge in [0.2, 0.25) is 0 Å². The third-order valence-electron chi connectivity index (χ3n) is 2.39. The van der Waals surface area contributed by atoms with Gasteiger partial charge in [0.25, 0.3) is 0 Å². The van der Waals surface area contributed by atoms with Crippen molar-refractivity contribution in [3.05, 3.63) is 24.0 Å². The van der Waals surface area contributed by atoms with E-state index in [1.54, 1.807) is 6.20 Å². The van der Waals surface area contributed by atoms with Crippen molar-refractivity contribution in [2.24, 2.45) is 5.92 Å². The van der Waals surface area contributed by atoms with E-state index in [-0.39, 0.29) is 0 Å². The first-order chi connectivity index (χ1) is 6.95. The average molecular weight is 209 g/mol. The van der Waals surface area contributed by atoms with Gasteiger partial charge in [-0.25, -0.2) is 0 Å². The fourth-order valence-electron chi connectivity index (χ4n) is 1.58. The van der Waals surface area contributed by atoms with E-state index in [0.717, 1.165) is 24.7 Å². The molecule has 1 saturated heterocycles. The molecule has 0 aromatic carbocycles. The zero-order valence-corrected chi connectivity index (χ0v) is 8.96. The van der Waals surface area contributed by atoms with Crippen LogP contribution in [0.2, 0.25) is 0 Å². The van der Waals surface area contributed by atoms with Gasteiger partial charge in [-0.15, -0.1) is 0 Å². The Kier molecular flexibility index (Phi) is 3.77. The molecule has 1 aliphatic rings. The summed E-state index contributed by atoms with van der Waals surface area (Å²) in [4.78, 5) is 0. The van der Waals surface area contributed by atoms with Gasteiger partial charge in [0.1, 0.15) is 0 Å². The van der Waals surface area contributed by atoms with Crippen molar-refractivity contribution in [2.75, 3.05) is 18.1 Å². The van der Waals surface area contributed by atoms with Crippen LogP contribution in [-0.4, -0.2) is 28.2 Å². The molecular weight excluding hydrogens is 194 g/mol. The summed E-state index contributed by atoms with van der Waals surface area (Å²) in [6.07, 6.45) is 3.06. The van der Waals surface area contributed by atoms with E-state index in [4.69, 9.17) is 0 Å². The zero-order chi connectivity index (χ0) is 9.64. The lowest BCUT2D eigenvalue weighted by atomic mass is 10.1. The molecule has 1 atom stereocenters. The van der Waals surface area contributed by atoms with E-state index >= 15 is 0 Å². The van der Waals surface area contributed by atoms with Crippen molar-refractivity contribution in [1.82, 2.24) is 15.5 Å². The second-order valence-corrected chi connectivity index (χ2v) is 4.73. The number of aromatic nitrogens is 2. The molecule has 1 aromatic rings. The van der Waals surface area contributed by atoms with E-state index in [2.05, 4.69) is 27.3 Å². The summed E-state index contributed by atoms with van der Waals surface area (Å²) in [6, 6.07) is 3.93. The van der Waals surface area contributed by atoms with Crippen molar-refractivity contribution < 1.29 is 0 Å². The Labute approximate surface area is 88.7 Å². The minimum atomic E-state index is 0.842. The Hall–Kier alpha value is -0.610. The van der Waals surface area contributed by atoms with Crippen LogP contribution in [0.25, 0.3) is 0 Å². The Balaban J connectivity index is 1.67. The molecule has 0 saturated carbocycles. The molecule has 2 heterocycles. The van der Waals surface area contributed by atoms with Gasteiger partial charge < -0.3 is 5.32 Å². The average Bonchev–Trinajstić information content (AvgIpc) is 2.72. The number of hydrogen-bond donors (Lipinski definition) is 1. The van der Waals surface area contributed by atoms with E-state index in [9.17, 15) is 0 Å². The van der Waals surface area contributed by atoms with Crippen LogP contribution in [0, 0.1) is 5.92 Å². The highest BCUT2D eigenvalue weighted by Gasteiger charge is 2.14. The van der Waals surface area contributed by atoms with E-state index < -0.39 is 0 Å². The lowest BCUT2D eigenvalue weighted by Gasteiger charge is -2.08. The Morgan fingerprint density at radius 1 is 1.57 bits per heavy atom. The van der Waals surface area contributed by atoms with Crippen LogP contribution in [0.3, 0.4) is 0 Å². The molecule has 76 valence electrons. The number of thioether (sulfide) groups is 1. The first-order valence-electron chi connectivity index (χ1n) is 5.00. The van der Waals surface area contributed by atoms with Crippen molar-refractivity contribution in [3.8, 4) is 0 Å². The van der Waals surface area contributed by atoms with Crippen molar-refractivity contribution in [1.29, 1.82) is 0 Å². The van der Waals surface area contributed by atoms with Gasteiger partial charge in [-0.05, 0) is 42.5 Å².